The highest BCUT2D eigenvalue weighted by Gasteiger charge is 2.18. The molecule has 2 atom stereocenters. The highest BCUT2D eigenvalue weighted by Crippen LogP contribution is 2.32. The van der Waals surface area contributed by atoms with Crippen LogP contribution in [0.15, 0.2) is 18.2 Å². The number of piperidine rings is 1. The number of carbonyl (C=O) groups excluding carboxylic acids is 1. The Morgan fingerprint density at radius 1 is 1.46 bits per heavy atom. The number of rotatable bonds is 7. The number of hydrogen-bond donors (Lipinski definition) is 1. The standard InChI is InChI=1S/C18H26Cl2N2O2/c1-13-6-4-10-22(12-13)11-5-9-21-18(23)14(2)24-16-8-3-7-15(19)17(16)20/h3,7-8,13-14H,4-6,9-12H2,1-2H3,(H,21,23). The van der Waals surface area contributed by atoms with Crippen LogP contribution in [0.3, 0.4) is 0 Å². The van der Waals surface area contributed by atoms with Crippen molar-refractivity contribution in [3.63, 3.8) is 0 Å². The summed E-state index contributed by atoms with van der Waals surface area (Å²) in [6, 6.07) is 5.13. The summed E-state index contributed by atoms with van der Waals surface area (Å²) in [7, 11) is 0. The first-order valence-electron chi connectivity index (χ1n) is 8.58. The molecular formula is C18H26Cl2N2O2. The Kier molecular flexibility index (Phi) is 7.66. The van der Waals surface area contributed by atoms with Crippen molar-refractivity contribution in [1.29, 1.82) is 0 Å². The third-order valence-electron chi connectivity index (χ3n) is 4.28. The Labute approximate surface area is 154 Å². The van der Waals surface area contributed by atoms with Crippen molar-refractivity contribution in [2.45, 2.75) is 39.2 Å². The highest BCUT2D eigenvalue weighted by molar-refractivity contribution is 6.42. The van der Waals surface area contributed by atoms with E-state index in [1.54, 1.807) is 25.1 Å². The number of amides is 1. The molecular weight excluding hydrogens is 347 g/mol. The Balaban J connectivity index is 1.69. The van der Waals surface area contributed by atoms with Gasteiger partial charge in [0.15, 0.2) is 6.10 Å². The highest BCUT2D eigenvalue weighted by atomic mass is 35.5. The maximum atomic E-state index is 12.1. The second-order valence-electron chi connectivity index (χ2n) is 6.50. The first-order chi connectivity index (χ1) is 11.5. The summed E-state index contributed by atoms with van der Waals surface area (Å²) in [5.41, 5.74) is 0. The summed E-state index contributed by atoms with van der Waals surface area (Å²) in [6.45, 7) is 8.03. The first-order valence-corrected chi connectivity index (χ1v) is 9.33. The molecule has 1 aliphatic rings. The van der Waals surface area contributed by atoms with Crippen LogP contribution in [0.2, 0.25) is 10.0 Å². The fourth-order valence-corrected chi connectivity index (χ4v) is 3.30. The molecule has 1 N–H and O–H groups in total. The molecule has 1 amide bonds. The van der Waals surface area contributed by atoms with E-state index >= 15 is 0 Å². The number of halogens is 2. The van der Waals surface area contributed by atoms with Crippen molar-refractivity contribution in [2.24, 2.45) is 5.92 Å². The molecule has 1 aromatic rings. The summed E-state index contributed by atoms with van der Waals surface area (Å²) in [5.74, 6) is 1.07. The molecule has 4 nitrogen and oxygen atoms in total. The van der Waals surface area contributed by atoms with Gasteiger partial charge in [-0.2, -0.15) is 0 Å². The summed E-state index contributed by atoms with van der Waals surface area (Å²) < 4.78 is 5.61. The number of nitrogens with zero attached hydrogens (tertiary/aromatic N) is 1. The molecule has 24 heavy (non-hydrogen) atoms. The third kappa shape index (κ3) is 5.83. The Bertz CT molecular complexity index is 554. The molecule has 1 saturated heterocycles. The number of carbonyl (C=O) groups is 1. The van der Waals surface area contributed by atoms with Crippen LogP contribution in [0.5, 0.6) is 5.75 Å². The molecule has 0 spiro atoms. The van der Waals surface area contributed by atoms with Gasteiger partial charge in [0.05, 0.1) is 5.02 Å². The predicted molar refractivity (Wildman–Crippen MR) is 99.0 cm³/mol. The molecule has 0 aromatic heterocycles. The number of ether oxygens (including phenoxy) is 1. The lowest BCUT2D eigenvalue weighted by atomic mass is 10.0. The fraction of sp³-hybridized carbons (Fsp3) is 0.611. The Hall–Kier alpha value is -0.970. The summed E-state index contributed by atoms with van der Waals surface area (Å²) in [5, 5.41) is 3.67. The van der Waals surface area contributed by atoms with E-state index in [4.69, 9.17) is 27.9 Å². The van der Waals surface area contributed by atoms with E-state index in [1.807, 2.05) is 0 Å². The molecule has 1 aliphatic heterocycles. The molecule has 134 valence electrons. The van der Waals surface area contributed by atoms with Crippen molar-refractivity contribution in [3.05, 3.63) is 28.2 Å². The van der Waals surface area contributed by atoms with Crippen LogP contribution in [0, 0.1) is 5.92 Å². The second-order valence-corrected chi connectivity index (χ2v) is 7.29. The first kappa shape index (κ1) is 19.4. The summed E-state index contributed by atoms with van der Waals surface area (Å²) in [4.78, 5) is 14.6. The number of benzene rings is 1. The number of hydrogen-bond acceptors (Lipinski definition) is 3. The molecule has 1 fully saturated rings. The Morgan fingerprint density at radius 3 is 3.00 bits per heavy atom. The van der Waals surface area contributed by atoms with E-state index in [0.29, 0.717) is 22.3 Å². The van der Waals surface area contributed by atoms with Gasteiger partial charge < -0.3 is 15.0 Å². The van der Waals surface area contributed by atoms with Crippen LogP contribution in [0.4, 0.5) is 0 Å². The van der Waals surface area contributed by atoms with Crippen LogP contribution in [0.1, 0.15) is 33.1 Å². The lowest BCUT2D eigenvalue weighted by molar-refractivity contribution is -0.127. The van der Waals surface area contributed by atoms with Crippen molar-refractivity contribution < 1.29 is 9.53 Å². The van der Waals surface area contributed by atoms with Gasteiger partial charge in [0.25, 0.3) is 5.91 Å². The number of nitrogens with one attached hydrogen (secondary N) is 1. The van der Waals surface area contributed by atoms with Gasteiger partial charge in [0.1, 0.15) is 10.8 Å². The van der Waals surface area contributed by atoms with Gasteiger partial charge in [-0.25, -0.2) is 0 Å². The number of likely N-dealkylation sites (tertiary alicyclic amines) is 1. The van der Waals surface area contributed by atoms with E-state index in [-0.39, 0.29) is 5.91 Å². The average molecular weight is 373 g/mol. The molecule has 0 saturated carbocycles. The lowest BCUT2D eigenvalue weighted by Crippen LogP contribution is -2.39. The normalized spacial score (nSPS) is 19.8. The zero-order valence-electron chi connectivity index (χ0n) is 14.4. The van der Waals surface area contributed by atoms with Gasteiger partial charge in [-0.1, -0.05) is 36.2 Å². The summed E-state index contributed by atoms with van der Waals surface area (Å²) >= 11 is 12.0. The van der Waals surface area contributed by atoms with Crippen LogP contribution >= 0.6 is 23.2 Å². The molecule has 2 rings (SSSR count). The molecule has 0 radical (unpaired) electrons. The van der Waals surface area contributed by atoms with Gasteiger partial charge in [0.2, 0.25) is 0 Å². The largest absolute Gasteiger partial charge is 0.479 e. The summed E-state index contributed by atoms with van der Waals surface area (Å²) in [6.07, 6.45) is 2.94. The maximum Gasteiger partial charge on any atom is 0.260 e. The molecule has 0 aliphatic carbocycles. The predicted octanol–water partition coefficient (Wildman–Crippen LogP) is 4.00. The molecule has 6 heteroatoms. The lowest BCUT2D eigenvalue weighted by Gasteiger charge is -2.30. The third-order valence-corrected chi connectivity index (χ3v) is 5.08. The molecule has 1 aromatic carbocycles. The van der Waals surface area contributed by atoms with Crippen molar-refractivity contribution in [2.75, 3.05) is 26.2 Å². The van der Waals surface area contributed by atoms with E-state index in [0.717, 1.165) is 18.9 Å². The van der Waals surface area contributed by atoms with Crippen LogP contribution in [0.25, 0.3) is 0 Å². The van der Waals surface area contributed by atoms with Gasteiger partial charge in [-0.05, 0) is 57.3 Å². The van der Waals surface area contributed by atoms with E-state index in [9.17, 15) is 4.79 Å². The van der Waals surface area contributed by atoms with E-state index in [2.05, 4.69) is 17.1 Å². The van der Waals surface area contributed by atoms with Gasteiger partial charge >= 0.3 is 0 Å². The van der Waals surface area contributed by atoms with Gasteiger partial charge in [-0.3, -0.25) is 4.79 Å². The minimum Gasteiger partial charge on any atom is -0.479 e. The minimum atomic E-state index is -0.615. The second kappa shape index (κ2) is 9.50. The SMILES string of the molecule is CC1CCCN(CCCNC(=O)C(C)Oc2cccc(Cl)c2Cl)C1. The van der Waals surface area contributed by atoms with Crippen molar-refractivity contribution >= 4 is 29.1 Å². The van der Waals surface area contributed by atoms with Crippen molar-refractivity contribution in [1.82, 2.24) is 10.2 Å². The van der Waals surface area contributed by atoms with E-state index in [1.165, 1.54) is 25.9 Å². The quantitative estimate of drug-likeness (QED) is 0.735. The topological polar surface area (TPSA) is 41.6 Å². The minimum absolute atomic E-state index is 0.141. The fourth-order valence-electron chi connectivity index (χ4n) is 2.97. The van der Waals surface area contributed by atoms with Crippen LogP contribution in [-0.2, 0) is 4.79 Å². The van der Waals surface area contributed by atoms with E-state index < -0.39 is 6.10 Å². The average Bonchev–Trinajstić information content (AvgIpc) is 2.55. The molecule has 2 unspecified atom stereocenters. The molecule has 1 heterocycles. The van der Waals surface area contributed by atoms with Gasteiger partial charge in [0, 0.05) is 13.1 Å². The van der Waals surface area contributed by atoms with Gasteiger partial charge in [-0.15, -0.1) is 0 Å². The molecule has 0 bridgehead atoms. The van der Waals surface area contributed by atoms with Crippen LogP contribution in [-0.4, -0.2) is 43.1 Å². The van der Waals surface area contributed by atoms with Crippen molar-refractivity contribution in [3.8, 4) is 5.75 Å². The maximum absolute atomic E-state index is 12.1. The Morgan fingerprint density at radius 2 is 2.25 bits per heavy atom. The zero-order chi connectivity index (χ0) is 17.5. The monoisotopic (exact) mass is 372 g/mol. The smallest absolute Gasteiger partial charge is 0.260 e. The zero-order valence-corrected chi connectivity index (χ0v) is 15.9. The van der Waals surface area contributed by atoms with Crippen LogP contribution < -0.4 is 10.1 Å².